The first-order valence-corrected chi connectivity index (χ1v) is 5.96. The minimum Gasteiger partial charge on any atom is -0.316 e. The van der Waals surface area contributed by atoms with Gasteiger partial charge < -0.3 is 9.72 Å². The van der Waals surface area contributed by atoms with Gasteiger partial charge in [-0.1, -0.05) is 0 Å². The van der Waals surface area contributed by atoms with E-state index in [0.717, 1.165) is 31.1 Å². The van der Waals surface area contributed by atoms with Crippen molar-refractivity contribution in [1.82, 2.24) is 14.7 Å². The fourth-order valence-corrected chi connectivity index (χ4v) is 2.42. The molecule has 1 fully saturated rings. The minimum absolute atomic E-state index is 0.769. The van der Waals surface area contributed by atoms with Crippen molar-refractivity contribution in [2.24, 2.45) is 5.92 Å². The molecule has 3 rings (SSSR count). The third kappa shape index (κ3) is 1.83. The molecule has 16 heavy (non-hydrogen) atoms. The first kappa shape index (κ1) is 9.85. The summed E-state index contributed by atoms with van der Waals surface area (Å²) in [5, 5.41) is 3.40. The van der Waals surface area contributed by atoms with E-state index in [9.17, 15) is 0 Å². The van der Waals surface area contributed by atoms with Crippen LogP contribution in [0.3, 0.4) is 0 Å². The van der Waals surface area contributed by atoms with Gasteiger partial charge in [-0.25, -0.2) is 4.98 Å². The highest BCUT2D eigenvalue weighted by molar-refractivity contribution is 5.42. The van der Waals surface area contributed by atoms with Crippen LogP contribution in [0.15, 0.2) is 24.5 Å². The van der Waals surface area contributed by atoms with E-state index >= 15 is 0 Å². The number of hydrogen-bond acceptors (Lipinski definition) is 2. The van der Waals surface area contributed by atoms with Gasteiger partial charge in [-0.05, 0) is 56.5 Å². The van der Waals surface area contributed by atoms with Crippen molar-refractivity contribution >= 4 is 5.65 Å². The van der Waals surface area contributed by atoms with E-state index in [-0.39, 0.29) is 0 Å². The van der Waals surface area contributed by atoms with Crippen molar-refractivity contribution in [3.63, 3.8) is 0 Å². The molecule has 0 saturated carbocycles. The maximum Gasteiger partial charge on any atom is 0.137 e. The van der Waals surface area contributed by atoms with Gasteiger partial charge in [-0.15, -0.1) is 0 Å². The molecule has 0 aromatic carbocycles. The molecule has 84 valence electrons. The predicted molar refractivity (Wildman–Crippen MR) is 64.6 cm³/mol. The van der Waals surface area contributed by atoms with Crippen LogP contribution in [-0.4, -0.2) is 22.5 Å². The van der Waals surface area contributed by atoms with E-state index in [4.69, 9.17) is 0 Å². The molecule has 3 heterocycles. The van der Waals surface area contributed by atoms with Crippen LogP contribution < -0.4 is 5.32 Å². The zero-order valence-electron chi connectivity index (χ0n) is 9.61. The number of aryl methyl sites for hydroxylation is 1. The van der Waals surface area contributed by atoms with Crippen LogP contribution in [0.1, 0.15) is 17.7 Å². The Morgan fingerprint density at radius 3 is 3.31 bits per heavy atom. The quantitative estimate of drug-likeness (QED) is 0.827. The summed E-state index contributed by atoms with van der Waals surface area (Å²) in [4.78, 5) is 4.67. The van der Waals surface area contributed by atoms with Gasteiger partial charge in [0.2, 0.25) is 0 Å². The molecule has 2 aromatic heterocycles. The van der Waals surface area contributed by atoms with Gasteiger partial charge in [0.1, 0.15) is 5.65 Å². The average Bonchev–Trinajstić information content (AvgIpc) is 2.86. The third-order valence-electron chi connectivity index (χ3n) is 3.33. The lowest BCUT2D eigenvalue weighted by Crippen LogP contribution is -2.10. The van der Waals surface area contributed by atoms with Crippen LogP contribution in [0.25, 0.3) is 5.65 Å². The number of rotatable bonds is 2. The highest BCUT2D eigenvalue weighted by Gasteiger charge is 2.16. The van der Waals surface area contributed by atoms with Crippen LogP contribution in [0.5, 0.6) is 0 Å². The summed E-state index contributed by atoms with van der Waals surface area (Å²) >= 11 is 0. The first-order chi connectivity index (χ1) is 7.81. The number of fused-ring (bicyclic) bond motifs is 1. The molecule has 1 unspecified atom stereocenters. The highest BCUT2D eigenvalue weighted by Crippen LogP contribution is 2.15. The summed E-state index contributed by atoms with van der Waals surface area (Å²) in [6.07, 6.45) is 6.64. The number of hydrogen-bond donors (Lipinski definition) is 1. The molecule has 1 N–H and O–H groups in total. The summed E-state index contributed by atoms with van der Waals surface area (Å²) in [7, 11) is 0. The van der Waals surface area contributed by atoms with E-state index in [1.807, 2.05) is 0 Å². The Morgan fingerprint density at radius 1 is 1.56 bits per heavy atom. The largest absolute Gasteiger partial charge is 0.316 e. The zero-order chi connectivity index (χ0) is 11.0. The molecule has 3 nitrogen and oxygen atoms in total. The van der Waals surface area contributed by atoms with E-state index in [1.165, 1.54) is 17.7 Å². The van der Waals surface area contributed by atoms with Crippen molar-refractivity contribution in [3.8, 4) is 0 Å². The van der Waals surface area contributed by atoms with Gasteiger partial charge >= 0.3 is 0 Å². The standard InChI is InChI=1S/C13H17N3/c1-10-3-5-16-9-12(15-13(16)6-10)7-11-2-4-14-8-11/h3,5-6,9,11,14H,2,4,7-8H2,1H3. The normalized spacial score (nSPS) is 20.7. The molecule has 2 aromatic rings. The van der Waals surface area contributed by atoms with E-state index in [1.54, 1.807) is 0 Å². The SMILES string of the molecule is Cc1ccn2cc(CC3CCNC3)nc2c1. The molecule has 0 radical (unpaired) electrons. The Kier molecular flexibility index (Phi) is 2.40. The molecular weight excluding hydrogens is 198 g/mol. The summed E-state index contributed by atoms with van der Waals surface area (Å²) in [6, 6.07) is 4.26. The second kappa shape index (κ2) is 3.91. The fourth-order valence-electron chi connectivity index (χ4n) is 2.42. The van der Waals surface area contributed by atoms with E-state index in [2.05, 4.69) is 46.2 Å². The molecule has 1 aliphatic heterocycles. The highest BCUT2D eigenvalue weighted by atomic mass is 15.0. The molecular formula is C13H17N3. The van der Waals surface area contributed by atoms with Crippen LogP contribution in [-0.2, 0) is 6.42 Å². The monoisotopic (exact) mass is 215 g/mol. The van der Waals surface area contributed by atoms with Crippen LogP contribution in [0, 0.1) is 12.8 Å². The second-order valence-electron chi connectivity index (χ2n) is 4.76. The number of pyridine rings is 1. The Labute approximate surface area is 95.5 Å². The maximum atomic E-state index is 4.67. The molecule has 1 atom stereocenters. The van der Waals surface area contributed by atoms with E-state index in [0.29, 0.717) is 0 Å². The first-order valence-electron chi connectivity index (χ1n) is 5.96. The molecule has 0 aliphatic carbocycles. The zero-order valence-corrected chi connectivity index (χ0v) is 9.61. The molecule has 1 aliphatic rings. The fraction of sp³-hybridized carbons (Fsp3) is 0.462. The predicted octanol–water partition coefficient (Wildman–Crippen LogP) is 1.79. The summed E-state index contributed by atoms with van der Waals surface area (Å²) in [6.45, 7) is 4.42. The number of aromatic nitrogens is 2. The van der Waals surface area contributed by atoms with Crippen molar-refractivity contribution < 1.29 is 0 Å². The molecule has 1 saturated heterocycles. The Balaban J connectivity index is 1.86. The second-order valence-corrected chi connectivity index (χ2v) is 4.76. The topological polar surface area (TPSA) is 29.3 Å². The minimum atomic E-state index is 0.769. The Hall–Kier alpha value is -1.35. The summed E-state index contributed by atoms with van der Waals surface area (Å²) < 4.78 is 2.12. The van der Waals surface area contributed by atoms with Crippen molar-refractivity contribution in [3.05, 3.63) is 35.8 Å². The lowest BCUT2D eigenvalue weighted by atomic mass is 10.0. The lowest BCUT2D eigenvalue weighted by molar-refractivity contribution is 0.573. The number of imidazole rings is 1. The van der Waals surface area contributed by atoms with Crippen LogP contribution in [0.2, 0.25) is 0 Å². The van der Waals surface area contributed by atoms with Crippen molar-refractivity contribution in [1.29, 1.82) is 0 Å². The van der Waals surface area contributed by atoms with Crippen molar-refractivity contribution in [2.75, 3.05) is 13.1 Å². The summed E-state index contributed by atoms with van der Waals surface area (Å²) in [5.41, 5.74) is 3.56. The Bertz CT molecular complexity index is 495. The van der Waals surface area contributed by atoms with Crippen LogP contribution >= 0.6 is 0 Å². The van der Waals surface area contributed by atoms with Gasteiger partial charge in [-0.3, -0.25) is 0 Å². The van der Waals surface area contributed by atoms with Crippen molar-refractivity contribution in [2.45, 2.75) is 19.8 Å². The average molecular weight is 215 g/mol. The van der Waals surface area contributed by atoms with E-state index < -0.39 is 0 Å². The molecule has 3 heteroatoms. The molecule has 0 amide bonds. The lowest BCUT2D eigenvalue weighted by Gasteiger charge is -2.03. The maximum absolute atomic E-state index is 4.67. The van der Waals surface area contributed by atoms with Gasteiger partial charge in [0.15, 0.2) is 0 Å². The Morgan fingerprint density at radius 2 is 2.50 bits per heavy atom. The van der Waals surface area contributed by atoms with Gasteiger partial charge in [0.25, 0.3) is 0 Å². The summed E-state index contributed by atoms with van der Waals surface area (Å²) in [5.74, 6) is 0.769. The van der Waals surface area contributed by atoms with Gasteiger partial charge in [0.05, 0.1) is 5.69 Å². The van der Waals surface area contributed by atoms with Crippen LogP contribution in [0.4, 0.5) is 0 Å². The van der Waals surface area contributed by atoms with Gasteiger partial charge in [0, 0.05) is 12.4 Å². The third-order valence-corrected chi connectivity index (χ3v) is 3.33. The number of nitrogens with one attached hydrogen (secondary N) is 1. The van der Waals surface area contributed by atoms with Gasteiger partial charge in [-0.2, -0.15) is 0 Å². The molecule has 0 bridgehead atoms. The number of nitrogens with zero attached hydrogens (tertiary/aromatic N) is 2. The molecule has 0 spiro atoms. The smallest absolute Gasteiger partial charge is 0.137 e.